The second-order valence-corrected chi connectivity index (χ2v) is 3.62. The molecule has 0 spiro atoms. The predicted molar refractivity (Wildman–Crippen MR) is 60.3 cm³/mol. The first kappa shape index (κ1) is 10.3. The molecule has 4 heteroatoms. The Kier molecular flexibility index (Phi) is 3.14. The Balaban J connectivity index is 2.23. The van der Waals surface area contributed by atoms with Crippen LogP contribution >= 0.6 is 11.6 Å². The van der Waals surface area contributed by atoms with Gasteiger partial charge < -0.3 is 15.2 Å². The quantitative estimate of drug-likeness (QED) is 0.859. The fourth-order valence-electron chi connectivity index (χ4n) is 1.40. The van der Waals surface area contributed by atoms with Crippen LogP contribution in [-0.4, -0.2) is 13.3 Å². The second-order valence-electron chi connectivity index (χ2n) is 3.22. The van der Waals surface area contributed by atoms with Gasteiger partial charge in [0.25, 0.3) is 0 Å². The van der Waals surface area contributed by atoms with E-state index in [1.807, 2.05) is 24.3 Å². The number of ether oxygens (including phenoxy) is 2. The normalized spacial score (nSPS) is 13.7. The highest BCUT2D eigenvalue weighted by Crippen LogP contribution is 2.39. The molecule has 0 saturated carbocycles. The van der Waals surface area contributed by atoms with Crippen molar-refractivity contribution < 1.29 is 9.47 Å². The highest BCUT2D eigenvalue weighted by Gasteiger charge is 2.17. The number of hydrogen-bond donors (Lipinski definition) is 1. The van der Waals surface area contributed by atoms with Crippen molar-refractivity contribution in [3.05, 3.63) is 28.8 Å². The van der Waals surface area contributed by atoms with Gasteiger partial charge in [0, 0.05) is 0 Å². The third-order valence-electron chi connectivity index (χ3n) is 2.09. The lowest BCUT2D eigenvalue weighted by atomic mass is 10.2. The molecule has 1 aliphatic rings. The summed E-state index contributed by atoms with van der Waals surface area (Å²) in [5, 5.41) is 0.581. The molecular formula is C11H12ClNO2. The first-order valence-corrected chi connectivity index (χ1v) is 5.15. The molecule has 2 rings (SSSR count). The van der Waals surface area contributed by atoms with Crippen LogP contribution in [0.4, 0.5) is 0 Å². The van der Waals surface area contributed by atoms with E-state index < -0.39 is 0 Å². The van der Waals surface area contributed by atoms with Crippen molar-refractivity contribution in [2.45, 2.75) is 6.42 Å². The van der Waals surface area contributed by atoms with E-state index in [0.717, 1.165) is 12.0 Å². The molecular weight excluding hydrogens is 214 g/mol. The largest absolute Gasteiger partial charge is 0.454 e. The number of nitrogens with two attached hydrogens (primary N) is 1. The van der Waals surface area contributed by atoms with E-state index in [4.69, 9.17) is 26.8 Å². The van der Waals surface area contributed by atoms with Crippen LogP contribution in [0.1, 0.15) is 12.0 Å². The molecule has 0 atom stereocenters. The van der Waals surface area contributed by atoms with Gasteiger partial charge in [-0.3, -0.25) is 0 Å². The van der Waals surface area contributed by atoms with Crippen LogP contribution < -0.4 is 15.2 Å². The van der Waals surface area contributed by atoms with Crippen LogP contribution in [0.2, 0.25) is 5.02 Å². The number of benzene rings is 1. The predicted octanol–water partition coefficient (Wildman–Crippen LogP) is 2.43. The standard InChI is InChI=1S/C11H12ClNO2/c12-9-5-8(3-1-2-4-13)6-10-11(9)15-7-14-10/h1,3,5-6H,2,4,7,13H2. The molecule has 0 bridgehead atoms. The first-order valence-electron chi connectivity index (χ1n) is 4.77. The molecule has 0 radical (unpaired) electrons. The summed E-state index contributed by atoms with van der Waals surface area (Å²) in [6.07, 6.45) is 4.83. The second kappa shape index (κ2) is 4.55. The minimum atomic E-state index is 0.241. The van der Waals surface area contributed by atoms with E-state index >= 15 is 0 Å². The summed E-state index contributed by atoms with van der Waals surface area (Å²) in [5.41, 5.74) is 6.39. The molecule has 0 aliphatic carbocycles. The van der Waals surface area contributed by atoms with Gasteiger partial charge >= 0.3 is 0 Å². The Labute approximate surface area is 93.4 Å². The van der Waals surface area contributed by atoms with Crippen LogP contribution in [0.5, 0.6) is 11.5 Å². The smallest absolute Gasteiger partial charge is 0.231 e. The van der Waals surface area contributed by atoms with Crippen molar-refractivity contribution in [3.63, 3.8) is 0 Å². The third kappa shape index (κ3) is 2.25. The van der Waals surface area contributed by atoms with Gasteiger partial charge in [0.05, 0.1) is 5.02 Å². The number of fused-ring (bicyclic) bond motifs is 1. The average molecular weight is 226 g/mol. The zero-order chi connectivity index (χ0) is 10.7. The molecule has 1 aliphatic heterocycles. The Morgan fingerprint density at radius 3 is 3.07 bits per heavy atom. The van der Waals surface area contributed by atoms with Crippen LogP contribution in [0.3, 0.4) is 0 Å². The molecule has 3 nitrogen and oxygen atoms in total. The van der Waals surface area contributed by atoms with Gasteiger partial charge in [0.15, 0.2) is 11.5 Å². The van der Waals surface area contributed by atoms with E-state index in [-0.39, 0.29) is 6.79 Å². The Bertz CT molecular complexity index is 390. The van der Waals surface area contributed by atoms with Gasteiger partial charge in [-0.15, -0.1) is 0 Å². The highest BCUT2D eigenvalue weighted by atomic mass is 35.5. The summed E-state index contributed by atoms with van der Waals surface area (Å²) in [6, 6.07) is 3.75. The fourth-order valence-corrected chi connectivity index (χ4v) is 1.67. The molecule has 0 unspecified atom stereocenters. The zero-order valence-electron chi connectivity index (χ0n) is 8.20. The summed E-state index contributed by atoms with van der Waals surface area (Å²) in [4.78, 5) is 0. The fraction of sp³-hybridized carbons (Fsp3) is 0.273. The van der Waals surface area contributed by atoms with Crippen molar-refractivity contribution >= 4 is 17.7 Å². The zero-order valence-corrected chi connectivity index (χ0v) is 8.96. The molecule has 1 aromatic carbocycles. The average Bonchev–Trinajstić information content (AvgIpc) is 2.66. The van der Waals surface area contributed by atoms with Crippen molar-refractivity contribution in [3.8, 4) is 11.5 Å². The van der Waals surface area contributed by atoms with Crippen LogP contribution in [0, 0.1) is 0 Å². The van der Waals surface area contributed by atoms with Crippen molar-refractivity contribution in [1.29, 1.82) is 0 Å². The first-order chi connectivity index (χ1) is 7.31. The van der Waals surface area contributed by atoms with Gasteiger partial charge in [-0.25, -0.2) is 0 Å². The minimum Gasteiger partial charge on any atom is -0.454 e. The van der Waals surface area contributed by atoms with E-state index in [0.29, 0.717) is 23.1 Å². The summed E-state index contributed by atoms with van der Waals surface area (Å²) in [5.74, 6) is 1.34. The van der Waals surface area contributed by atoms with Crippen LogP contribution in [0.25, 0.3) is 6.08 Å². The summed E-state index contributed by atoms with van der Waals surface area (Å²) in [7, 11) is 0. The molecule has 15 heavy (non-hydrogen) atoms. The topological polar surface area (TPSA) is 44.5 Å². The van der Waals surface area contributed by atoms with Crippen LogP contribution in [-0.2, 0) is 0 Å². The van der Waals surface area contributed by atoms with Crippen molar-refractivity contribution in [1.82, 2.24) is 0 Å². The molecule has 1 aromatic rings. The van der Waals surface area contributed by atoms with E-state index in [1.165, 1.54) is 0 Å². The monoisotopic (exact) mass is 225 g/mol. The third-order valence-corrected chi connectivity index (χ3v) is 2.37. The molecule has 2 N–H and O–H groups in total. The summed E-state index contributed by atoms with van der Waals surface area (Å²) in [6.45, 7) is 0.889. The lowest BCUT2D eigenvalue weighted by Gasteiger charge is -2.00. The summed E-state index contributed by atoms with van der Waals surface area (Å²) >= 11 is 6.02. The highest BCUT2D eigenvalue weighted by molar-refractivity contribution is 6.32. The van der Waals surface area contributed by atoms with E-state index in [2.05, 4.69) is 0 Å². The minimum absolute atomic E-state index is 0.241. The summed E-state index contributed by atoms with van der Waals surface area (Å²) < 4.78 is 10.5. The molecule has 0 amide bonds. The van der Waals surface area contributed by atoms with Crippen molar-refractivity contribution in [2.75, 3.05) is 13.3 Å². The Hall–Kier alpha value is -1.19. The Morgan fingerprint density at radius 1 is 1.40 bits per heavy atom. The molecule has 1 heterocycles. The maximum atomic E-state index is 6.02. The number of hydrogen-bond acceptors (Lipinski definition) is 3. The SMILES string of the molecule is NCCC=Cc1cc(Cl)c2c(c1)OCO2. The number of halogens is 1. The van der Waals surface area contributed by atoms with E-state index in [9.17, 15) is 0 Å². The maximum absolute atomic E-state index is 6.02. The Morgan fingerprint density at radius 2 is 2.27 bits per heavy atom. The lowest BCUT2D eigenvalue weighted by molar-refractivity contribution is 0.174. The van der Waals surface area contributed by atoms with Gasteiger partial charge in [0.2, 0.25) is 6.79 Å². The van der Waals surface area contributed by atoms with Gasteiger partial charge in [-0.2, -0.15) is 0 Å². The van der Waals surface area contributed by atoms with Crippen LogP contribution in [0.15, 0.2) is 18.2 Å². The van der Waals surface area contributed by atoms with E-state index in [1.54, 1.807) is 0 Å². The molecule has 0 saturated heterocycles. The molecule has 0 aromatic heterocycles. The lowest BCUT2D eigenvalue weighted by Crippen LogP contribution is -1.94. The van der Waals surface area contributed by atoms with Gasteiger partial charge in [0.1, 0.15) is 0 Å². The molecule has 80 valence electrons. The van der Waals surface area contributed by atoms with Gasteiger partial charge in [-0.05, 0) is 30.7 Å². The molecule has 0 fully saturated rings. The van der Waals surface area contributed by atoms with Crippen molar-refractivity contribution in [2.24, 2.45) is 5.73 Å². The number of rotatable bonds is 3. The van der Waals surface area contributed by atoms with Gasteiger partial charge in [-0.1, -0.05) is 23.8 Å². The maximum Gasteiger partial charge on any atom is 0.231 e.